The number of nitrogens with zero attached hydrogens (tertiary/aromatic N) is 1. The van der Waals surface area contributed by atoms with Crippen LogP contribution in [-0.2, 0) is 0 Å². The minimum atomic E-state index is 0.384. The molecule has 1 heterocycles. The molecule has 2 nitrogen and oxygen atoms in total. The van der Waals surface area contributed by atoms with Crippen molar-refractivity contribution in [2.24, 2.45) is 0 Å². The molecule has 0 atom stereocenters. The van der Waals surface area contributed by atoms with Gasteiger partial charge in [0.1, 0.15) is 11.9 Å². The molecule has 1 radical (unpaired) electrons. The van der Waals surface area contributed by atoms with Crippen molar-refractivity contribution in [3.8, 4) is 5.75 Å². The Morgan fingerprint density at radius 1 is 1.20 bits per heavy atom. The number of rotatable bonds is 3. The third-order valence-corrected chi connectivity index (χ3v) is 2.90. The molecule has 1 aromatic carbocycles. The quantitative estimate of drug-likeness (QED) is 0.749. The van der Waals surface area contributed by atoms with E-state index in [1.165, 1.54) is 0 Å². The van der Waals surface area contributed by atoms with Crippen LogP contribution in [0.1, 0.15) is 12.8 Å². The highest BCUT2D eigenvalue weighted by Crippen LogP contribution is 2.18. The standard InChI is InChI=1S/C13H18NO/c1-2-14-10-8-13(9-11-14)15-12-6-4-3-5-7-12/h3-7,13H,1-2,8-11H2. The normalized spacial score (nSPS) is 19.0. The lowest BCUT2D eigenvalue weighted by atomic mass is 10.1. The van der Waals surface area contributed by atoms with Crippen molar-refractivity contribution in [3.63, 3.8) is 0 Å². The van der Waals surface area contributed by atoms with E-state index in [1.54, 1.807) is 0 Å². The maximum absolute atomic E-state index is 5.90. The van der Waals surface area contributed by atoms with E-state index >= 15 is 0 Å². The molecule has 1 saturated heterocycles. The Labute approximate surface area is 91.9 Å². The van der Waals surface area contributed by atoms with Crippen molar-refractivity contribution >= 4 is 0 Å². The molecule has 0 N–H and O–H groups in total. The molecule has 1 aliphatic rings. The molecule has 81 valence electrons. The van der Waals surface area contributed by atoms with E-state index in [1.807, 2.05) is 30.3 Å². The second-order valence-electron chi connectivity index (χ2n) is 3.97. The summed E-state index contributed by atoms with van der Waals surface area (Å²) in [4.78, 5) is 2.37. The van der Waals surface area contributed by atoms with E-state index < -0.39 is 0 Å². The van der Waals surface area contributed by atoms with Crippen molar-refractivity contribution in [3.05, 3.63) is 37.3 Å². The lowest BCUT2D eigenvalue weighted by Gasteiger charge is -2.31. The minimum Gasteiger partial charge on any atom is -0.490 e. The molecule has 0 aromatic heterocycles. The Morgan fingerprint density at radius 2 is 1.87 bits per heavy atom. The molecule has 2 heteroatoms. The number of piperidine rings is 1. The highest BCUT2D eigenvalue weighted by atomic mass is 16.5. The summed E-state index contributed by atoms with van der Waals surface area (Å²) >= 11 is 0. The highest BCUT2D eigenvalue weighted by Gasteiger charge is 2.18. The van der Waals surface area contributed by atoms with Crippen molar-refractivity contribution in [2.45, 2.75) is 18.9 Å². The first kappa shape index (κ1) is 10.5. The summed E-state index contributed by atoms with van der Waals surface area (Å²) in [6, 6.07) is 10.1. The third-order valence-electron chi connectivity index (χ3n) is 2.90. The van der Waals surface area contributed by atoms with Gasteiger partial charge in [0, 0.05) is 13.1 Å². The zero-order valence-electron chi connectivity index (χ0n) is 9.06. The molecule has 15 heavy (non-hydrogen) atoms. The lowest BCUT2D eigenvalue weighted by Crippen LogP contribution is -2.38. The van der Waals surface area contributed by atoms with Gasteiger partial charge in [-0.2, -0.15) is 0 Å². The third kappa shape index (κ3) is 2.96. The fourth-order valence-corrected chi connectivity index (χ4v) is 1.94. The van der Waals surface area contributed by atoms with Crippen LogP contribution in [0.25, 0.3) is 0 Å². The van der Waals surface area contributed by atoms with Gasteiger partial charge >= 0.3 is 0 Å². The molecule has 1 aromatic rings. The van der Waals surface area contributed by atoms with Crippen LogP contribution in [0.2, 0.25) is 0 Å². The first-order valence-electron chi connectivity index (χ1n) is 5.62. The van der Waals surface area contributed by atoms with Crippen LogP contribution in [0.15, 0.2) is 30.3 Å². The van der Waals surface area contributed by atoms with Crippen LogP contribution in [-0.4, -0.2) is 30.6 Å². The van der Waals surface area contributed by atoms with Crippen LogP contribution in [0, 0.1) is 6.92 Å². The van der Waals surface area contributed by atoms with E-state index in [0.717, 1.165) is 38.2 Å². The van der Waals surface area contributed by atoms with Gasteiger partial charge in [-0.15, -0.1) is 0 Å². The summed E-state index contributed by atoms with van der Waals surface area (Å²) in [5.74, 6) is 0.991. The van der Waals surface area contributed by atoms with Gasteiger partial charge in [0.25, 0.3) is 0 Å². The number of hydrogen-bond donors (Lipinski definition) is 0. The van der Waals surface area contributed by atoms with Crippen molar-refractivity contribution in [1.29, 1.82) is 0 Å². The highest BCUT2D eigenvalue weighted by molar-refractivity contribution is 5.21. The van der Waals surface area contributed by atoms with Gasteiger partial charge in [-0.25, -0.2) is 0 Å². The van der Waals surface area contributed by atoms with Crippen molar-refractivity contribution in [1.82, 2.24) is 4.90 Å². The maximum atomic E-state index is 5.90. The summed E-state index contributed by atoms with van der Waals surface area (Å²) in [6.07, 6.45) is 2.62. The molecule has 0 bridgehead atoms. The van der Waals surface area contributed by atoms with Crippen LogP contribution in [0.4, 0.5) is 0 Å². The van der Waals surface area contributed by atoms with E-state index in [-0.39, 0.29) is 0 Å². The van der Waals surface area contributed by atoms with Crippen molar-refractivity contribution in [2.75, 3.05) is 19.6 Å². The Kier molecular flexibility index (Phi) is 3.62. The molecule has 2 rings (SSSR count). The van der Waals surface area contributed by atoms with E-state index in [4.69, 9.17) is 4.74 Å². The number of hydrogen-bond acceptors (Lipinski definition) is 2. The van der Waals surface area contributed by atoms with Gasteiger partial charge in [-0.1, -0.05) is 18.2 Å². The fraction of sp³-hybridized carbons (Fsp3) is 0.462. The second kappa shape index (κ2) is 5.17. The van der Waals surface area contributed by atoms with Gasteiger partial charge in [0.15, 0.2) is 0 Å². The van der Waals surface area contributed by atoms with E-state index in [0.29, 0.717) is 6.10 Å². The molecular formula is C13H18NO. The average Bonchev–Trinajstić information content (AvgIpc) is 2.31. The molecule has 0 spiro atoms. The SMILES string of the molecule is [CH2]CN1CCC(Oc2ccccc2)CC1. The Hall–Kier alpha value is -1.02. The van der Waals surface area contributed by atoms with Gasteiger partial charge in [-0.3, -0.25) is 0 Å². The first-order chi connectivity index (χ1) is 7.38. The number of ether oxygens (including phenoxy) is 1. The van der Waals surface area contributed by atoms with Crippen LogP contribution >= 0.6 is 0 Å². The summed E-state index contributed by atoms with van der Waals surface area (Å²) in [5, 5.41) is 0. The van der Waals surface area contributed by atoms with Crippen LogP contribution in [0.5, 0.6) is 5.75 Å². The maximum Gasteiger partial charge on any atom is 0.119 e. The lowest BCUT2D eigenvalue weighted by molar-refractivity contribution is 0.107. The molecule has 0 saturated carbocycles. The predicted molar refractivity (Wildman–Crippen MR) is 61.9 cm³/mol. The molecule has 1 aliphatic heterocycles. The Morgan fingerprint density at radius 3 is 2.47 bits per heavy atom. The molecular weight excluding hydrogens is 186 g/mol. The monoisotopic (exact) mass is 204 g/mol. The van der Waals surface area contributed by atoms with Gasteiger partial charge in [-0.05, 0) is 38.4 Å². The summed E-state index contributed by atoms with van der Waals surface area (Å²) < 4.78 is 5.90. The fourth-order valence-electron chi connectivity index (χ4n) is 1.94. The zero-order valence-corrected chi connectivity index (χ0v) is 9.06. The minimum absolute atomic E-state index is 0.384. The molecule has 0 amide bonds. The summed E-state index contributed by atoms with van der Waals surface area (Å²) in [5.41, 5.74) is 0. The number of para-hydroxylation sites is 1. The Bertz CT molecular complexity index is 278. The molecule has 0 aliphatic carbocycles. The zero-order chi connectivity index (χ0) is 10.5. The van der Waals surface area contributed by atoms with E-state index in [9.17, 15) is 0 Å². The van der Waals surface area contributed by atoms with Gasteiger partial charge < -0.3 is 9.64 Å². The summed E-state index contributed by atoms with van der Waals surface area (Å²) in [7, 11) is 0. The predicted octanol–water partition coefficient (Wildman–Crippen LogP) is 2.36. The molecule has 0 unspecified atom stereocenters. The van der Waals surface area contributed by atoms with Gasteiger partial charge in [0.05, 0.1) is 0 Å². The average molecular weight is 204 g/mol. The van der Waals surface area contributed by atoms with Crippen LogP contribution in [0.3, 0.4) is 0 Å². The smallest absolute Gasteiger partial charge is 0.119 e. The summed E-state index contributed by atoms with van der Waals surface area (Å²) in [6.45, 7) is 7.04. The number of likely N-dealkylation sites (tertiary alicyclic amines) is 1. The van der Waals surface area contributed by atoms with E-state index in [2.05, 4.69) is 11.8 Å². The largest absolute Gasteiger partial charge is 0.490 e. The topological polar surface area (TPSA) is 12.5 Å². The van der Waals surface area contributed by atoms with Crippen molar-refractivity contribution < 1.29 is 4.74 Å². The number of benzene rings is 1. The molecule has 1 fully saturated rings. The van der Waals surface area contributed by atoms with Crippen LogP contribution < -0.4 is 4.74 Å². The van der Waals surface area contributed by atoms with Gasteiger partial charge in [0.2, 0.25) is 0 Å². The Balaban J connectivity index is 1.82. The second-order valence-corrected chi connectivity index (χ2v) is 3.97. The first-order valence-corrected chi connectivity index (χ1v) is 5.62.